The van der Waals surface area contributed by atoms with Crippen LogP contribution in [0.15, 0.2) is 58.9 Å². The third-order valence-corrected chi connectivity index (χ3v) is 5.76. The van der Waals surface area contributed by atoms with E-state index >= 15 is 0 Å². The molecule has 0 spiro atoms. The van der Waals surface area contributed by atoms with Crippen LogP contribution in [-0.4, -0.2) is 22.4 Å². The predicted molar refractivity (Wildman–Crippen MR) is 114 cm³/mol. The average molecular weight is 408 g/mol. The summed E-state index contributed by atoms with van der Waals surface area (Å²) in [5.41, 5.74) is 4.10. The Kier molecular flexibility index (Phi) is 5.33. The molecule has 2 heterocycles. The van der Waals surface area contributed by atoms with Gasteiger partial charge < -0.3 is 5.32 Å². The van der Waals surface area contributed by atoms with Gasteiger partial charge in [-0.1, -0.05) is 29.8 Å². The summed E-state index contributed by atoms with van der Waals surface area (Å²) >= 11 is 6.07. The van der Waals surface area contributed by atoms with E-state index in [1.807, 2.05) is 32.0 Å². The number of benzene rings is 1. The first-order valence-corrected chi connectivity index (χ1v) is 10.1. The lowest BCUT2D eigenvalue weighted by atomic mass is 9.71. The number of Topliss-reactive ketones (excluding diaryl/α,β-unsaturated/α-hetero) is 1. The summed E-state index contributed by atoms with van der Waals surface area (Å²) in [6.45, 7) is 3.80. The van der Waals surface area contributed by atoms with Crippen LogP contribution in [0.4, 0.5) is 5.82 Å². The maximum Gasteiger partial charge on any atom is 0.235 e. The standard InChI is InChI=1S/C23H22ClN3O2/c1-13-6-11-19(25-12-13)27-23(29)20-14(2)26-17-4-3-5-18(28)22(17)21(20)15-7-9-16(24)10-8-15/h6-12,20-21H,3-5H2,1-2H3,(H,25,27,29)/t20?,21-/m0/s1. The molecule has 5 nitrogen and oxygen atoms in total. The molecule has 1 aliphatic heterocycles. The van der Waals surface area contributed by atoms with Gasteiger partial charge in [0.2, 0.25) is 5.91 Å². The second-order valence-electron chi connectivity index (χ2n) is 7.61. The molecule has 0 fully saturated rings. The topological polar surface area (TPSA) is 71.4 Å². The average Bonchev–Trinajstić information content (AvgIpc) is 2.69. The molecule has 1 aromatic carbocycles. The van der Waals surface area contributed by atoms with Crippen molar-refractivity contribution in [2.24, 2.45) is 10.9 Å². The van der Waals surface area contributed by atoms with E-state index in [0.717, 1.165) is 29.7 Å². The van der Waals surface area contributed by atoms with Gasteiger partial charge in [-0.05, 0) is 56.0 Å². The number of aromatic nitrogens is 1. The summed E-state index contributed by atoms with van der Waals surface area (Å²) in [5, 5.41) is 3.51. The summed E-state index contributed by atoms with van der Waals surface area (Å²) in [4.78, 5) is 35.1. The van der Waals surface area contributed by atoms with Gasteiger partial charge in [-0.2, -0.15) is 0 Å². The highest BCUT2D eigenvalue weighted by Gasteiger charge is 2.42. The van der Waals surface area contributed by atoms with E-state index in [4.69, 9.17) is 11.6 Å². The number of ketones is 1. The van der Waals surface area contributed by atoms with Crippen LogP contribution >= 0.6 is 11.6 Å². The van der Waals surface area contributed by atoms with E-state index in [0.29, 0.717) is 28.5 Å². The number of carbonyl (C=O) groups excluding carboxylic acids is 2. The third-order valence-electron chi connectivity index (χ3n) is 5.51. The molecule has 1 aromatic heterocycles. The van der Waals surface area contributed by atoms with Crippen molar-refractivity contribution in [1.82, 2.24) is 4.98 Å². The molecule has 148 valence electrons. The quantitative estimate of drug-likeness (QED) is 0.789. The molecule has 2 atom stereocenters. The van der Waals surface area contributed by atoms with Gasteiger partial charge in [0.25, 0.3) is 0 Å². The first-order valence-electron chi connectivity index (χ1n) is 9.74. The van der Waals surface area contributed by atoms with Gasteiger partial charge in [-0.25, -0.2) is 4.98 Å². The maximum absolute atomic E-state index is 13.3. The second-order valence-corrected chi connectivity index (χ2v) is 8.04. The number of amides is 1. The van der Waals surface area contributed by atoms with E-state index in [2.05, 4.69) is 15.3 Å². The molecular weight excluding hydrogens is 386 g/mol. The van der Waals surface area contributed by atoms with Crippen molar-refractivity contribution in [2.75, 3.05) is 5.32 Å². The van der Waals surface area contributed by atoms with Crippen molar-refractivity contribution in [1.29, 1.82) is 0 Å². The Balaban J connectivity index is 1.76. The third kappa shape index (κ3) is 3.87. The molecule has 4 rings (SSSR count). The van der Waals surface area contributed by atoms with E-state index in [1.165, 1.54) is 0 Å². The number of aliphatic imine (C=N–C) groups is 1. The molecule has 0 bridgehead atoms. The first kappa shape index (κ1) is 19.5. The summed E-state index contributed by atoms with van der Waals surface area (Å²) in [7, 11) is 0. The van der Waals surface area contributed by atoms with Crippen LogP contribution in [0.1, 0.15) is 43.2 Å². The Bertz CT molecular complexity index is 1020. The summed E-state index contributed by atoms with van der Waals surface area (Å²) in [6, 6.07) is 11.0. The van der Waals surface area contributed by atoms with Crippen molar-refractivity contribution in [3.05, 3.63) is 70.0 Å². The van der Waals surface area contributed by atoms with E-state index in [9.17, 15) is 9.59 Å². The van der Waals surface area contributed by atoms with E-state index in [-0.39, 0.29) is 17.6 Å². The van der Waals surface area contributed by atoms with Crippen LogP contribution in [0.2, 0.25) is 5.02 Å². The number of nitrogens with zero attached hydrogens (tertiary/aromatic N) is 2. The summed E-state index contributed by atoms with van der Waals surface area (Å²) in [6.07, 6.45) is 3.76. The lowest BCUT2D eigenvalue weighted by molar-refractivity contribution is -0.119. The Labute approximate surface area is 174 Å². The number of hydrogen-bond donors (Lipinski definition) is 1. The Morgan fingerprint density at radius 3 is 2.55 bits per heavy atom. The summed E-state index contributed by atoms with van der Waals surface area (Å²) in [5.74, 6) is -0.614. The molecular formula is C23H22ClN3O2. The zero-order chi connectivity index (χ0) is 20.5. The lowest BCUT2D eigenvalue weighted by Gasteiger charge is -2.35. The van der Waals surface area contributed by atoms with Crippen LogP contribution in [-0.2, 0) is 9.59 Å². The van der Waals surface area contributed by atoms with Crippen molar-refractivity contribution < 1.29 is 9.59 Å². The minimum atomic E-state index is -0.583. The number of nitrogens with one attached hydrogen (secondary N) is 1. The van der Waals surface area contributed by atoms with Crippen LogP contribution in [0.5, 0.6) is 0 Å². The zero-order valence-electron chi connectivity index (χ0n) is 16.4. The van der Waals surface area contributed by atoms with Crippen molar-refractivity contribution in [3.63, 3.8) is 0 Å². The number of halogens is 1. The van der Waals surface area contributed by atoms with E-state index in [1.54, 1.807) is 24.4 Å². The predicted octanol–water partition coefficient (Wildman–Crippen LogP) is 4.86. The van der Waals surface area contributed by atoms with Crippen LogP contribution in [0, 0.1) is 12.8 Å². The highest BCUT2D eigenvalue weighted by molar-refractivity contribution is 6.30. The number of anilines is 1. The second kappa shape index (κ2) is 7.91. The molecule has 1 N–H and O–H groups in total. The molecule has 2 aliphatic rings. The molecule has 0 saturated carbocycles. The van der Waals surface area contributed by atoms with E-state index < -0.39 is 5.92 Å². The van der Waals surface area contributed by atoms with Crippen molar-refractivity contribution >= 4 is 34.8 Å². The number of carbonyl (C=O) groups is 2. The maximum atomic E-state index is 13.3. The fraction of sp³-hybridized carbons (Fsp3) is 0.304. The monoisotopic (exact) mass is 407 g/mol. The van der Waals surface area contributed by atoms with Gasteiger partial charge in [-0.15, -0.1) is 0 Å². The van der Waals surface area contributed by atoms with Gasteiger partial charge in [0.05, 0.1) is 5.92 Å². The zero-order valence-corrected chi connectivity index (χ0v) is 17.2. The molecule has 29 heavy (non-hydrogen) atoms. The minimum Gasteiger partial charge on any atom is -0.310 e. The van der Waals surface area contributed by atoms with Crippen LogP contribution in [0.25, 0.3) is 0 Å². The van der Waals surface area contributed by atoms with Gasteiger partial charge in [-0.3, -0.25) is 14.6 Å². The molecule has 1 aliphatic carbocycles. The first-order chi connectivity index (χ1) is 13.9. The number of aryl methyl sites for hydroxylation is 1. The largest absolute Gasteiger partial charge is 0.310 e. The smallest absolute Gasteiger partial charge is 0.235 e. The van der Waals surface area contributed by atoms with Gasteiger partial charge >= 0.3 is 0 Å². The van der Waals surface area contributed by atoms with Crippen LogP contribution < -0.4 is 5.32 Å². The fourth-order valence-corrected chi connectivity index (χ4v) is 4.25. The lowest BCUT2D eigenvalue weighted by Crippen LogP contribution is -2.39. The normalized spacial score (nSPS) is 21.5. The number of pyridine rings is 1. The molecule has 0 saturated heterocycles. The highest BCUT2D eigenvalue weighted by Crippen LogP contribution is 2.43. The fourth-order valence-electron chi connectivity index (χ4n) is 4.12. The molecule has 2 aromatic rings. The number of allylic oxidation sites excluding steroid dienone is 2. The molecule has 1 amide bonds. The van der Waals surface area contributed by atoms with Crippen LogP contribution in [0.3, 0.4) is 0 Å². The summed E-state index contributed by atoms with van der Waals surface area (Å²) < 4.78 is 0. The number of rotatable bonds is 3. The Morgan fingerprint density at radius 1 is 1.10 bits per heavy atom. The highest BCUT2D eigenvalue weighted by atomic mass is 35.5. The Morgan fingerprint density at radius 2 is 1.86 bits per heavy atom. The van der Waals surface area contributed by atoms with Gasteiger partial charge in [0, 0.05) is 40.5 Å². The molecule has 6 heteroatoms. The van der Waals surface area contributed by atoms with Crippen molar-refractivity contribution in [2.45, 2.75) is 39.0 Å². The van der Waals surface area contributed by atoms with Crippen molar-refractivity contribution in [3.8, 4) is 0 Å². The minimum absolute atomic E-state index is 0.0775. The SMILES string of the molecule is CC1=NC2=C(C(=O)CCC2)[C@@H](c2ccc(Cl)cc2)C1C(=O)Nc1ccc(C)cn1. The Hall–Kier alpha value is -2.79. The number of hydrogen-bond acceptors (Lipinski definition) is 4. The molecule has 1 unspecified atom stereocenters. The van der Waals surface area contributed by atoms with Gasteiger partial charge in [0.1, 0.15) is 5.82 Å². The van der Waals surface area contributed by atoms with Gasteiger partial charge in [0.15, 0.2) is 5.78 Å². The molecule has 0 radical (unpaired) electrons.